The maximum atomic E-state index is 12.4. The molecule has 2 aromatic rings. The van der Waals surface area contributed by atoms with Gasteiger partial charge in [0.05, 0.1) is 24.6 Å². The SMILES string of the molecule is CC(=O)C(NC(=O)CSc1nnc(N2CCCCC2)n1Cc1ccco1)C(C)C. The second kappa shape index (κ2) is 9.96. The van der Waals surface area contributed by atoms with Crippen LogP contribution in [0.5, 0.6) is 0 Å². The number of nitrogens with zero attached hydrogens (tertiary/aromatic N) is 4. The van der Waals surface area contributed by atoms with E-state index in [0.29, 0.717) is 11.7 Å². The summed E-state index contributed by atoms with van der Waals surface area (Å²) < 4.78 is 7.52. The van der Waals surface area contributed by atoms with Crippen molar-refractivity contribution in [3.63, 3.8) is 0 Å². The third kappa shape index (κ3) is 5.62. The number of anilines is 1. The van der Waals surface area contributed by atoms with Crippen LogP contribution < -0.4 is 10.2 Å². The van der Waals surface area contributed by atoms with E-state index in [9.17, 15) is 9.59 Å². The van der Waals surface area contributed by atoms with Gasteiger partial charge in [0, 0.05) is 13.1 Å². The molecule has 3 heterocycles. The van der Waals surface area contributed by atoms with Crippen molar-refractivity contribution in [1.82, 2.24) is 20.1 Å². The van der Waals surface area contributed by atoms with Gasteiger partial charge in [-0.3, -0.25) is 14.2 Å². The first-order valence-corrected chi connectivity index (χ1v) is 11.1. The van der Waals surface area contributed by atoms with Crippen LogP contribution in [0.2, 0.25) is 0 Å². The largest absolute Gasteiger partial charge is 0.467 e. The molecule has 0 spiro atoms. The van der Waals surface area contributed by atoms with Crippen molar-refractivity contribution < 1.29 is 14.0 Å². The van der Waals surface area contributed by atoms with Crippen LogP contribution >= 0.6 is 11.8 Å². The molecule has 0 bridgehead atoms. The molecule has 8 nitrogen and oxygen atoms in total. The van der Waals surface area contributed by atoms with Crippen LogP contribution in [0.15, 0.2) is 28.0 Å². The van der Waals surface area contributed by atoms with Crippen molar-refractivity contribution in [3.05, 3.63) is 24.2 Å². The Balaban J connectivity index is 1.71. The Kier molecular flexibility index (Phi) is 7.35. The Morgan fingerprint density at radius 3 is 2.62 bits per heavy atom. The molecule has 2 aromatic heterocycles. The molecule has 0 radical (unpaired) electrons. The van der Waals surface area contributed by atoms with E-state index in [-0.39, 0.29) is 23.4 Å². The number of rotatable bonds is 9. The van der Waals surface area contributed by atoms with Crippen molar-refractivity contribution in [2.45, 2.75) is 57.8 Å². The summed E-state index contributed by atoms with van der Waals surface area (Å²) in [6, 6.07) is 3.31. The number of hydrogen-bond donors (Lipinski definition) is 1. The quantitative estimate of drug-likeness (QED) is 0.625. The van der Waals surface area contributed by atoms with Crippen LogP contribution in [0, 0.1) is 5.92 Å². The second-order valence-corrected chi connectivity index (χ2v) is 8.63. The summed E-state index contributed by atoms with van der Waals surface area (Å²) in [6.07, 6.45) is 5.16. The first-order chi connectivity index (χ1) is 14.0. The minimum absolute atomic E-state index is 0.0354. The Labute approximate surface area is 175 Å². The average molecular weight is 420 g/mol. The second-order valence-electron chi connectivity index (χ2n) is 7.68. The van der Waals surface area contributed by atoms with Crippen LogP contribution in [-0.4, -0.2) is 51.3 Å². The van der Waals surface area contributed by atoms with Crippen LogP contribution in [0.1, 0.15) is 45.8 Å². The number of carbonyl (C=O) groups excluding carboxylic acids is 2. The highest BCUT2D eigenvalue weighted by Gasteiger charge is 2.23. The van der Waals surface area contributed by atoms with Crippen molar-refractivity contribution in [1.29, 1.82) is 0 Å². The molecule has 3 rings (SSSR count). The zero-order chi connectivity index (χ0) is 20.8. The molecule has 1 aliphatic rings. The fourth-order valence-corrected chi connectivity index (χ4v) is 4.24. The number of piperidine rings is 1. The molecule has 1 atom stereocenters. The smallest absolute Gasteiger partial charge is 0.231 e. The van der Waals surface area contributed by atoms with Gasteiger partial charge >= 0.3 is 0 Å². The van der Waals surface area contributed by atoms with E-state index in [1.54, 1.807) is 6.26 Å². The van der Waals surface area contributed by atoms with E-state index in [1.165, 1.54) is 25.1 Å². The van der Waals surface area contributed by atoms with Gasteiger partial charge in [-0.15, -0.1) is 10.2 Å². The summed E-state index contributed by atoms with van der Waals surface area (Å²) in [4.78, 5) is 26.4. The molecule has 0 aliphatic carbocycles. The highest BCUT2D eigenvalue weighted by Crippen LogP contribution is 2.25. The molecular weight excluding hydrogens is 390 g/mol. The molecule has 1 N–H and O–H groups in total. The number of thioether (sulfide) groups is 1. The summed E-state index contributed by atoms with van der Waals surface area (Å²) in [6.45, 7) is 7.77. The number of furan rings is 1. The first kappa shape index (κ1) is 21.4. The molecule has 0 aromatic carbocycles. The lowest BCUT2D eigenvalue weighted by Crippen LogP contribution is -2.44. The third-order valence-electron chi connectivity index (χ3n) is 4.98. The summed E-state index contributed by atoms with van der Waals surface area (Å²) >= 11 is 1.32. The first-order valence-electron chi connectivity index (χ1n) is 10.1. The van der Waals surface area contributed by atoms with Gasteiger partial charge in [-0.25, -0.2) is 0 Å². The Morgan fingerprint density at radius 1 is 1.24 bits per heavy atom. The minimum atomic E-state index is -0.465. The molecule has 9 heteroatoms. The highest BCUT2D eigenvalue weighted by atomic mass is 32.2. The predicted octanol–water partition coefficient (Wildman–Crippen LogP) is 2.73. The summed E-state index contributed by atoms with van der Waals surface area (Å²) in [5.74, 6) is 1.63. The van der Waals surface area contributed by atoms with Gasteiger partial charge in [0.2, 0.25) is 11.9 Å². The van der Waals surface area contributed by atoms with Gasteiger partial charge in [-0.1, -0.05) is 25.6 Å². The third-order valence-corrected chi connectivity index (χ3v) is 5.95. The summed E-state index contributed by atoms with van der Waals surface area (Å²) in [5, 5.41) is 12.2. The van der Waals surface area contributed by atoms with Crippen molar-refractivity contribution in [2.24, 2.45) is 5.92 Å². The molecular formula is C20H29N5O3S. The zero-order valence-corrected chi connectivity index (χ0v) is 18.1. The van der Waals surface area contributed by atoms with E-state index < -0.39 is 6.04 Å². The Hall–Kier alpha value is -2.29. The maximum Gasteiger partial charge on any atom is 0.231 e. The highest BCUT2D eigenvalue weighted by molar-refractivity contribution is 7.99. The molecule has 1 amide bonds. The topological polar surface area (TPSA) is 93.3 Å². The van der Waals surface area contributed by atoms with E-state index >= 15 is 0 Å². The fraction of sp³-hybridized carbons (Fsp3) is 0.600. The van der Waals surface area contributed by atoms with Crippen LogP contribution in [-0.2, 0) is 16.1 Å². The lowest BCUT2D eigenvalue weighted by Gasteiger charge is -2.27. The van der Waals surface area contributed by atoms with E-state index in [0.717, 1.165) is 37.6 Å². The lowest BCUT2D eigenvalue weighted by atomic mass is 10.0. The van der Waals surface area contributed by atoms with Crippen molar-refractivity contribution in [3.8, 4) is 0 Å². The summed E-state index contributed by atoms with van der Waals surface area (Å²) in [5.41, 5.74) is 0. The number of aromatic nitrogens is 3. The number of amides is 1. The van der Waals surface area contributed by atoms with Gasteiger partial charge in [0.25, 0.3) is 0 Å². The molecule has 158 valence electrons. The molecule has 1 aliphatic heterocycles. The Bertz CT molecular complexity index is 812. The molecule has 1 unspecified atom stereocenters. The van der Waals surface area contributed by atoms with E-state index in [1.807, 2.05) is 30.5 Å². The zero-order valence-electron chi connectivity index (χ0n) is 17.3. The van der Waals surface area contributed by atoms with Gasteiger partial charge < -0.3 is 14.6 Å². The fourth-order valence-electron chi connectivity index (χ4n) is 3.50. The maximum absolute atomic E-state index is 12.4. The normalized spacial score (nSPS) is 15.5. The Morgan fingerprint density at radius 2 is 2.00 bits per heavy atom. The minimum Gasteiger partial charge on any atom is -0.467 e. The number of carbonyl (C=O) groups is 2. The van der Waals surface area contributed by atoms with Gasteiger partial charge in [0.1, 0.15) is 5.76 Å². The number of nitrogens with one attached hydrogen (secondary N) is 1. The number of hydrogen-bond acceptors (Lipinski definition) is 7. The molecule has 0 saturated carbocycles. The lowest BCUT2D eigenvalue weighted by molar-refractivity contribution is -0.126. The average Bonchev–Trinajstić information content (AvgIpc) is 3.35. The van der Waals surface area contributed by atoms with Gasteiger partial charge in [-0.05, 0) is 44.2 Å². The van der Waals surface area contributed by atoms with Crippen molar-refractivity contribution >= 4 is 29.4 Å². The number of Topliss-reactive ketones (excluding diaryl/α,β-unsaturated/α-hetero) is 1. The van der Waals surface area contributed by atoms with Crippen molar-refractivity contribution in [2.75, 3.05) is 23.7 Å². The van der Waals surface area contributed by atoms with Gasteiger partial charge in [0.15, 0.2) is 10.9 Å². The van der Waals surface area contributed by atoms with Crippen LogP contribution in [0.3, 0.4) is 0 Å². The standard InChI is InChI=1S/C20H29N5O3S/c1-14(2)18(15(3)26)21-17(27)13-29-20-23-22-19(24-9-5-4-6-10-24)25(20)12-16-8-7-11-28-16/h7-8,11,14,18H,4-6,9-10,12-13H2,1-3H3,(H,21,27). The van der Waals surface area contributed by atoms with Crippen LogP contribution in [0.4, 0.5) is 5.95 Å². The molecule has 1 fully saturated rings. The van der Waals surface area contributed by atoms with E-state index in [2.05, 4.69) is 20.4 Å². The molecule has 29 heavy (non-hydrogen) atoms. The van der Waals surface area contributed by atoms with Crippen LogP contribution in [0.25, 0.3) is 0 Å². The predicted molar refractivity (Wildman–Crippen MR) is 112 cm³/mol. The molecule has 1 saturated heterocycles. The monoisotopic (exact) mass is 419 g/mol. The van der Waals surface area contributed by atoms with E-state index in [4.69, 9.17) is 4.42 Å². The summed E-state index contributed by atoms with van der Waals surface area (Å²) in [7, 11) is 0. The number of ketones is 1. The van der Waals surface area contributed by atoms with Gasteiger partial charge in [-0.2, -0.15) is 0 Å².